The number of carbonyl (C=O) groups excluding carboxylic acids is 1. The van der Waals surface area contributed by atoms with Gasteiger partial charge in [-0.15, -0.1) is 0 Å². The van der Waals surface area contributed by atoms with Crippen LogP contribution < -0.4 is 11.2 Å². The van der Waals surface area contributed by atoms with Crippen LogP contribution in [0.2, 0.25) is 5.02 Å². The lowest BCUT2D eigenvalue weighted by atomic mass is 10.1. The monoisotopic (exact) mass is 422 g/mol. The van der Waals surface area contributed by atoms with E-state index in [9.17, 15) is 13.2 Å². The van der Waals surface area contributed by atoms with E-state index in [4.69, 9.17) is 21.9 Å². The number of amidine groups is 1. The highest BCUT2D eigenvalue weighted by molar-refractivity contribution is 7.85. The summed E-state index contributed by atoms with van der Waals surface area (Å²) in [5, 5.41) is 5.42. The second-order valence-electron chi connectivity index (χ2n) is 5.85. The number of rotatable bonds is 4. The van der Waals surface area contributed by atoms with Gasteiger partial charge in [0.2, 0.25) is 0 Å². The van der Waals surface area contributed by atoms with Crippen molar-refractivity contribution in [1.29, 1.82) is 0 Å². The zero-order valence-corrected chi connectivity index (χ0v) is 16.5. The molecule has 148 valence electrons. The van der Waals surface area contributed by atoms with E-state index in [1.165, 1.54) is 0 Å². The van der Waals surface area contributed by atoms with Crippen LogP contribution in [0.4, 0.5) is 0 Å². The van der Waals surface area contributed by atoms with E-state index in [0.717, 1.165) is 16.5 Å². The fraction of sp³-hybridized carbons (Fsp3) is 0.111. The smallest absolute Gasteiger partial charge is 0.287 e. The van der Waals surface area contributed by atoms with Crippen molar-refractivity contribution >= 4 is 44.4 Å². The Morgan fingerprint density at radius 2 is 1.86 bits per heavy atom. The Morgan fingerprint density at radius 1 is 1.21 bits per heavy atom. The maximum absolute atomic E-state index is 12.1. The minimum Gasteiger partial charge on any atom is -0.385 e. The molecule has 1 heterocycles. The van der Waals surface area contributed by atoms with Crippen LogP contribution >= 0.6 is 11.6 Å². The summed E-state index contributed by atoms with van der Waals surface area (Å²) in [4.78, 5) is 15.1. The predicted molar refractivity (Wildman–Crippen MR) is 110 cm³/mol. The maximum atomic E-state index is 12.1. The van der Waals surface area contributed by atoms with E-state index in [2.05, 4.69) is 15.5 Å². The molecule has 5 N–H and O–H groups in total. The number of hydrogen-bond acceptors (Lipinski definition) is 4. The highest BCUT2D eigenvalue weighted by Gasteiger charge is 2.09. The molecule has 0 bridgehead atoms. The van der Waals surface area contributed by atoms with E-state index >= 15 is 0 Å². The number of nitrogens with zero attached hydrogens (tertiary/aromatic N) is 1. The molecular weight excluding hydrogens is 404 g/mol. The molecule has 1 amide bonds. The van der Waals surface area contributed by atoms with Gasteiger partial charge in [0.15, 0.2) is 0 Å². The lowest BCUT2D eigenvalue weighted by Crippen LogP contribution is -2.24. The van der Waals surface area contributed by atoms with E-state index in [1.54, 1.807) is 18.2 Å². The van der Waals surface area contributed by atoms with Gasteiger partial charge in [0, 0.05) is 22.3 Å². The van der Waals surface area contributed by atoms with E-state index in [1.807, 2.05) is 36.4 Å². The van der Waals surface area contributed by atoms with Crippen LogP contribution in [0.3, 0.4) is 0 Å². The van der Waals surface area contributed by atoms with Crippen molar-refractivity contribution in [2.24, 2.45) is 10.8 Å². The summed E-state index contributed by atoms with van der Waals surface area (Å²) < 4.78 is 25.9. The van der Waals surface area contributed by atoms with E-state index in [0.29, 0.717) is 29.2 Å². The Bertz CT molecular complexity index is 1090. The van der Waals surface area contributed by atoms with Crippen molar-refractivity contribution in [2.45, 2.75) is 6.42 Å². The molecule has 3 rings (SSSR count). The van der Waals surface area contributed by atoms with Crippen LogP contribution in [0.1, 0.15) is 16.1 Å². The number of aromatic amines is 1. The van der Waals surface area contributed by atoms with Crippen LogP contribution in [0.5, 0.6) is 0 Å². The highest BCUT2D eigenvalue weighted by Crippen LogP contribution is 2.20. The van der Waals surface area contributed by atoms with Gasteiger partial charge in [-0.25, -0.2) is 5.43 Å². The molecule has 0 unspecified atom stereocenters. The van der Waals surface area contributed by atoms with E-state index < -0.39 is 10.1 Å². The average molecular weight is 423 g/mol. The van der Waals surface area contributed by atoms with Gasteiger partial charge in [-0.2, -0.15) is 13.5 Å². The van der Waals surface area contributed by atoms with Gasteiger partial charge in [0.25, 0.3) is 16.0 Å². The van der Waals surface area contributed by atoms with Gasteiger partial charge in [-0.3, -0.25) is 9.35 Å². The number of hydrogen-bond donors (Lipinski definition) is 4. The zero-order chi connectivity index (χ0) is 20.7. The first-order valence-corrected chi connectivity index (χ1v) is 10.2. The predicted octanol–water partition coefficient (Wildman–Crippen LogP) is 2.57. The summed E-state index contributed by atoms with van der Waals surface area (Å²) in [6.07, 6.45) is 1.19. The molecule has 1 aromatic heterocycles. The highest BCUT2D eigenvalue weighted by atomic mass is 35.5. The van der Waals surface area contributed by atoms with Gasteiger partial charge >= 0.3 is 0 Å². The lowest BCUT2D eigenvalue weighted by Gasteiger charge is -2.02. The number of aromatic nitrogens is 1. The zero-order valence-electron chi connectivity index (χ0n) is 14.9. The quantitative estimate of drug-likeness (QED) is 0.221. The summed E-state index contributed by atoms with van der Waals surface area (Å²) in [5.41, 5.74) is 10.6. The third-order valence-electron chi connectivity index (χ3n) is 3.36. The molecule has 3 aromatic rings. The number of H-pyrrole nitrogens is 1. The number of benzene rings is 2. The molecule has 28 heavy (non-hydrogen) atoms. The second kappa shape index (κ2) is 9.36. The Morgan fingerprint density at radius 3 is 2.50 bits per heavy atom. The SMILES string of the molecule is CS(=O)(=O)O.NC(Cc1ccccc1)=NNC(=O)c1cc2cc(Cl)ccc2[nH]1. The van der Waals surface area contributed by atoms with Gasteiger partial charge < -0.3 is 10.7 Å². The van der Waals surface area contributed by atoms with Gasteiger partial charge in [-0.1, -0.05) is 41.9 Å². The Kier molecular flexibility index (Phi) is 7.16. The standard InChI is InChI=1S/C17H15ClN4O.CH4O3S/c18-13-6-7-14-12(9-13)10-15(20-14)17(23)22-21-16(19)8-11-4-2-1-3-5-11;1-5(2,3)4/h1-7,9-10,20H,8H2,(H2,19,21)(H,22,23);1H3,(H,2,3,4). The van der Waals surface area contributed by atoms with Crippen molar-refractivity contribution in [3.05, 3.63) is 70.9 Å². The van der Waals surface area contributed by atoms with Gasteiger partial charge in [0.1, 0.15) is 11.5 Å². The third kappa shape index (κ3) is 7.39. The van der Waals surface area contributed by atoms with Crippen molar-refractivity contribution in [3.8, 4) is 0 Å². The molecule has 0 saturated heterocycles. The molecule has 10 heteroatoms. The Labute approximate surface area is 167 Å². The number of fused-ring (bicyclic) bond motifs is 1. The number of hydrazone groups is 1. The third-order valence-corrected chi connectivity index (χ3v) is 3.59. The van der Waals surface area contributed by atoms with E-state index in [-0.39, 0.29) is 5.91 Å². The summed E-state index contributed by atoms with van der Waals surface area (Å²) in [5.74, 6) is -0.0166. The van der Waals surface area contributed by atoms with Crippen molar-refractivity contribution < 1.29 is 17.8 Å². The van der Waals surface area contributed by atoms with Gasteiger partial charge in [-0.05, 0) is 29.8 Å². The number of nitrogens with one attached hydrogen (secondary N) is 2. The topological polar surface area (TPSA) is 138 Å². The second-order valence-corrected chi connectivity index (χ2v) is 7.76. The summed E-state index contributed by atoms with van der Waals surface area (Å²) >= 11 is 5.93. The molecule has 0 aliphatic rings. The minimum absolute atomic E-state index is 0.337. The summed E-state index contributed by atoms with van der Waals surface area (Å²) in [6, 6.07) is 16.8. The first kappa shape index (κ1) is 21.4. The molecule has 0 fully saturated rings. The van der Waals surface area contributed by atoms with Crippen LogP contribution in [-0.4, -0.2) is 36.0 Å². The lowest BCUT2D eigenvalue weighted by molar-refractivity contribution is 0.0950. The summed E-state index contributed by atoms with van der Waals surface area (Å²) in [6.45, 7) is 0. The fourth-order valence-electron chi connectivity index (χ4n) is 2.25. The van der Waals surface area contributed by atoms with Crippen LogP contribution in [0.15, 0.2) is 59.7 Å². The van der Waals surface area contributed by atoms with Crippen LogP contribution in [-0.2, 0) is 16.5 Å². The van der Waals surface area contributed by atoms with Crippen molar-refractivity contribution in [1.82, 2.24) is 10.4 Å². The molecular formula is C18H19ClN4O4S. The number of halogens is 1. The molecule has 2 aromatic carbocycles. The minimum atomic E-state index is -3.67. The fourth-order valence-corrected chi connectivity index (χ4v) is 2.43. The average Bonchev–Trinajstić information content (AvgIpc) is 3.02. The molecule has 8 nitrogen and oxygen atoms in total. The number of carbonyl (C=O) groups is 1. The van der Waals surface area contributed by atoms with Crippen molar-refractivity contribution in [2.75, 3.05) is 6.26 Å². The van der Waals surface area contributed by atoms with Crippen LogP contribution in [0.25, 0.3) is 10.9 Å². The molecule has 0 radical (unpaired) electrons. The molecule has 0 saturated carbocycles. The first-order chi connectivity index (χ1) is 13.1. The maximum Gasteiger partial charge on any atom is 0.287 e. The Balaban J connectivity index is 0.000000500. The Hall–Kier alpha value is -2.88. The number of nitrogens with two attached hydrogens (primary N) is 1. The first-order valence-electron chi connectivity index (χ1n) is 7.99. The molecule has 0 atom stereocenters. The molecule has 0 aliphatic heterocycles. The largest absolute Gasteiger partial charge is 0.385 e. The van der Waals surface area contributed by atoms with Crippen LogP contribution in [0, 0.1) is 0 Å². The molecule has 0 aliphatic carbocycles. The number of amides is 1. The summed E-state index contributed by atoms with van der Waals surface area (Å²) in [7, 11) is -3.67. The van der Waals surface area contributed by atoms with Crippen molar-refractivity contribution in [3.63, 3.8) is 0 Å². The molecule has 0 spiro atoms. The van der Waals surface area contributed by atoms with Gasteiger partial charge in [0.05, 0.1) is 6.26 Å². The normalized spacial score (nSPS) is 11.6.